The molecule has 0 atom stereocenters. The average molecular weight is 279 g/mol. The number of hydrogen-bond acceptors (Lipinski definition) is 3. The van der Waals surface area contributed by atoms with Gasteiger partial charge in [0.2, 0.25) is 5.91 Å². The first-order chi connectivity index (χ1) is 9.25. The van der Waals surface area contributed by atoms with E-state index in [1.807, 2.05) is 6.92 Å². The van der Waals surface area contributed by atoms with Gasteiger partial charge in [-0.1, -0.05) is 19.8 Å². The van der Waals surface area contributed by atoms with E-state index in [1.165, 1.54) is 10.9 Å². The van der Waals surface area contributed by atoms with Gasteiger partial charge in [-0.3, -0.25) is 9.48 Å². The van der Waals surface area contributed by atoms with Crippen molar-refractivity contribution >= 4 is 17.6 Å². The lowest BCUT2D eigenvalue weighted by molar-refractivity contribution is -0.146. The molecule has 1 heterocycles. The minimum absolute atomic E-state index is 0.0114. The van der Waals surface area contributed by atoms with Crippen molar-refractivity contribution < 1.29 is 14.7 Å². The zero-order valence-corrected chi connectivity index (χ0v) is 12.1. The number of carboxylic acid groups (broad SMARTS) is 1. The van der Waals surface area contributed by atoms with Crippen LogP contribution in [0.3, 0.4) is 0 Å². The fourth-order valence-corrected chi connectivity index (χ4v) is 2.46. The third-order valence-electron chi connectivity index (χ3n) is 4.19. The van der Waals surface area contributed by atoms with Gasteiger partial charge in [0.05, 0.1) is 11.9 Å². The largest absolute Gasteiger partial charge is 0.479 e. The fraction of sp³-hybridized carbons (Fsp3) is 0.643. The van der Waals surface area contributed by atoms with Crippen molar-refractivity contribution in [3.63, 3.8) is 0 Å². The maximum absolute atomic E-state index is 12.3. The lowest BCUT2D eigenvalue weighted by Crippen LogP contribution is -2.36. The van der Waals surface area contributed by atoms with Crippen LogP contribution in [0.5, 0.6) is 0 Å². The van der Waals surface area contributed by atoms with E-state index in [2.05, 4.69) is 10.4 Å². The molecule has 110 valence electrons. The Bertz CT molecular complexity index is 528. The fourth-order valence-electron chi connectivity index (χ4n) is 2.46. The normalized spacial score (nSPS) is 17.9. The van der Waals surface area contributed by atoms with E-state index < -0.39 is 11.5 Å². The summed E-state index contributed by atoms with van der Waals surface area (Å²) in [6.45, 7) is 5.10. The molecule has 1 aromatic heterocycles. The molecule has 1 aliphatic rings. The van der Waals surface area contributed by atoms with Gasteiger partial charge in [0.1, 0.15) is 0 Å². The van der Waals surface area contributed by atoms with Gasteiger partial charge in [0, 0.05) is 11.6 Å². The van der Waals surface area contributed by atoms with Crippen LogP contribution in [-0.4, -0.2) is 26.8 Å². The maximum atomic E-state index is 12.3. The molecule has 1 aromatic rings. The zero-order chi connectivity index (χ0) is 15.0. The molecule has 6 nitrogen and oxygen atoms in total. The number of aliphatic carboxylic acids is 1. The van der Waals surface area contributed by atoms with Crippen molar-refractivity contribution in [1.82, 2.24) is 9.78 Å². The number of anilines is 1. The number of carboxylic acids is 1. The van der Waals surface area contributed by atoms with Crippen LogP contribution in [0.25, 0.3) is 0 Å². The third kappa shape index (κ3) is 2.55. The summed E-state index contributed by atoms with van der Waals surface area (Å²) in [5.41, 5.74) is -0.914. The lowest BCUT2D eigenvalue weighted by atomic mass is 9.88. The first-order valence-electron chi connectivity index (χ1n) is 6.86. The third-order valence-corrected chi connectivity index (χ3v) is 4.19. The van der Waals surface area contributed by atoms with E-state index >= 15 is 0 Å². The molecule has 0 spiro atoms. The number of carbonyl (C=O) groups is 2. The molecule has 1 amide bonds. The van der Waals surface area contributed by atoms with Gasteiger partial charge in [-0.25, -0.2) is 4.79 Å². The number of rotatable bonds is 4. The highest BCUT2D eigenvalue weighted by atomic mass is 16.4. The Morgan fingerprint density at radius 1 is 1.40 bits per heavy atom. The maximum Gasteiger partial charge on any atom is 0.331 e. The van der Waals surface area contributed by atoms with E-state index in [-0.39, 0.29) is 11.3 Å². The molecule has 0 bridgehead atoms. The van der Waals surface area contributed by atoms with Crippen LogP contribution < -0.4 is 5.32 Å². The number of carbonyl (C=O) groups excluding carboxylic acids is 1. The quantitative estimate of drug-likeness (QED) is 0.885. The number of nitrogens with zero attached hydrogens (tertiary/aromatic N) is 2. The zero-order valence-electron chi connectivity index (χ0n) is 12.1. The van der Waals surface area contributed by atoms with Crippen molar-refractivity contribution in [2.45, 2.75) is 52.0 Å². The Morgan fingerprint density at radius 3 is 2.55 bits per heavy atom. The van der Waals surface area contributed by atoms with E-state index in [4.69, 9.17) is 5.11 Å². The second-order valence-electron chi connectivity index (χ2n) is 6.26. The number of aromatic nitrogens is 2. The summed E-state index contributed by atoms with van der Waals surface area (Å²) in [7, 11) is 0. The number of amides is 1. The van der Waals surface area contributed by atoms with Crippen molar-refractivity contribution in [3.8, 4) is 0 Å². The first kappa shape index (κ1) is 14.6. The average Bonchev–Trinajstić information content (AvgIpc) is 2.99. The van der Waals surface area contributed by atoms with Gasteiger partial charge in [-0.05, 0) is 26.7 Å². The van der Waals surface area contributed by atoms with Crippen LogP contribution in [0, 0.1) is 5.41 Å². The minimum Gasteiger partial charge on any atom is -0.479 e. The summed E-state index contributed by atoms with van der Waals surface area (Å²) in [5, 5.41) is 16.0. The second-order valence-corrected chi connectivity index (χ2v) is 6.26. The summed E-state index contributed by atoms with van der Waals surface area (Å²) in [6.07, 6.45) is 7.00. The molecular formula is C14H21N3O3. The van der Waals surface area contributed by atoms with Crippen molar-refractivity contribution in [1.29, 1.82) is 0 Å². The molecular weight excluding hydrogens is 258 g/mol. The summed E-state index contributed by atoms with van der Waals surface area (Å²) >= 11 is 0. The van der Waals surface area contributed by atoms with Gasteiger partial charge in [0.15, 0.2) is 5.54 Å². The summed E-state index contributed by atoms with van der Waals surface area (Å²) < 4.78 is 1.35. The van der Waals surface area contributed by atoms with E-state index in [0.717, 1.165) is 25.7 Å². The predicted octanol–water partition coefficient (Wildman–Crippen LogP) is 2.22. The highest BCUT2D eigenvalue weighted by molar-refractivity contribution is 5.95. The predicted molar refractivity (Wildman–Crippen MR) is 74.4 cm³/mol. The Hall–Kier alpha value is -1.85. The molecule has 1 saturated carbocycles. The second kappa shape index (κ2) is 4.92. The van der Waals surface area contributed by atoms with Crippen molar-refractivity contribution in [2.75, 3.05) is 5.32 Å². The molecule has 1 aliphatic carbocycles. The summed E-state index contributed by atoms with van der Waals surface area (Å²) in [6, 6.07) is 0. The van der Waals surface area contributed by atoms with Crippen molar-refractivity contribution in [2.24, 2.45) is 5.41 Å². The first-order valence-corrected chi connectivity index (χ1v) is 6.86. The summed E-state index contributed by atoms with van der Waals surface area (Å²) in [4.78, 5) is 23.4. The monoisotopic (exact) mass is 279 g/mol. The molecule has 0 aromatic carbocycles. The van der Waals surface area contributed by atoms with E-state index in [0.29, 0.717) is 5.69 Å². The van der Waals surface area contributed by atoms with E-state index in [9.17, 15) is 9.59 Å². The Labute approximate surface area is 118 Å². The summed E-state index contributed by atoms with van der Waals surface area (Å²) in [5.74, 6) is -0.982. The Balaban J connectivity index is 2.10. The van der Waals surface area contributed by atoms with Crippen LogP contribution in [0.4, 0.5) is 5.69 Å². The smallest absolute Gasteiger partial charge is 0.331 e. The van der Waals surface area contributed by atoms with Crippen LogP contribution in [0.15, 0.2) is 12.4 Å². The SMILES string of the molecule is CC1(C(=O)Nc2cnn(C(C)(C)C(=O)O)c2)CCCC1. The van der Waals surface area contributed by atoms with Crippen LogP contribution >= 0.6 is 0 Å². The van der Waals surface area contributed by atoms with Gasteiger partial charge in [-0.2, -0.15) is 5.10 Å². The van der Waals surface area contributed by atoms with Gasteiger partial charge in [-0.15, -0.1) is 0 Å². The molecule has 1 fully saturated rings. The molecule has 2 rings (SSSR count). The molecule has 20 heavy (non-hydrogen) atoms. The van der Waals surface area contributed by atoms with Crippen molar-refractivity contribution in [3.05, 3.63) is 12.4 Å². The van der Waals surface area contributed by atoms with Gasteiger partial charge in [0.25, 0.3) is 0 Å². The van der Waals surface area contributed by atoms with Crippen LogP contribution in [0.1, 0.15) is 46.5 Å². The van der Waals surface area contributed by atoms with Crippen LogP contribution in [-0.2, 0) is 15.1 Å². The van der Waals surface area contributed by atoms with Gasteiger partial charge >= 0.3 is 5.97 Å². The van der Waals surface area contributed by atoms with Gasteiger partial charge < -0.3 is 10.4 Å². The van der Waals surface area contributed by atoms with E-state index in [1.54, 1.807) is 20.0 Å². The molecule has 6 heteroatoms. The minimum atomic E-state index is -1.14. The number of hydrogen-bond donors (Lipinski definition) is 2. The molecule has 2 N–H and O–H groups in total. The van der Waals surface area contributed by atoms with Crippen LogP contribution in [0.2, 0.25) is 0 Å². The standard InChI is InChI=1S/C14H21N3O3/c1-13(2,12(19)20)17-9-10(8-15-17)16-11(18)14(3)6-4-5-7-14/h8-9H,4-7H2,1-3H3,(H,16,18)(H,19,20). The topological polar surface area (TPSA) is 84.2 Å². The molecule has 0 saturated heterocycles. The molecule has 0 aliphatic heterocycles. The Morgan fingerprint density at radius 2 is 2.00 bits per heavy atom. The lowest BCUT2D eigenvalue weighted by Gasteiger charge is -2.22. The molecule has 0 radical (unpaired) electrons. The molecule has 0 unspecified atom stereocenters. The highest BCUT2D eigenvalue weighted by Gasteiger charge is 2.36. The highest BCUT2D eigenvalue weighted by Crippen LogP contribution is 2.38. The Kier molecular flexibility index (Phi) is 3.58. The number of nitrogens with one attached hydrogen (secondary N) is 1.